The Hall–Kier alpha value is -11.3. The summed E-state index contributed by atoms with van der Waals surface area (Å²) < 4.78 is 6.84. The van der Waals surface area contributed by atoms with Crippen LogP contribution in [0, 0.1) is 11.3 Å². The summed E-state index contributed by atoms with van der Waals surface area (Å²) in [6.07, 6.45) is 0. The Bertz CT molecular complexity index is 4900. The summed E-state index contributed by atoms with van der Waals surface area (Å²) in [6, 6.07) is 96.8. The lowest BCUT2D eigenvalue weighted by Gasteiger charge is -2.20. The van der Waals surface area contributed by atoms with Crippen LogP contribution in [0.15, 0.2) is 273 Å². The van der Waals surface area contributed by atoms with E-state index in [9.17, 15) is 14.9 Å². The number of aromatic nitrogens is 3. The zero-order valence-electron chi connectivity index (χ0n) is 44.0. The predicted molar refractivity (Wildman–Crippen MR) is 334 cm³/mol. The standard InChI is InChI=1S/C75H45N5O2/c76-46-47-23-36-72(73(41-47)80-74(81)60-19-7-8-20-61(60)75(80)82)79-70-39-30-54(52-28-37-68-62(42-52)58-17-9-11-21-66(58)77(68)56-32-24-50(25-33-56)48-13-3-1-4-14-48)44-64(70)65-45-55(31-40-71(65)79)53-29-38-69-63(43-53)59-18-10-12-22-67(59)78(69)57-34-26-51(27-35-57)49-15-5-2-6-16-49/h1-45H. The highest BCUT2D eigenvalue weighted by molar-refractivity contribution is 6.35. The summed E-state index contributed by atoms with van der Waals surface area (Å²) in [5, 5.41) is 16.9. The number of benzene rings is 12. The summed E-state index contributed by atoms with van der Waals surface area (Å²) in [5.74, 6) is -0.853. The molecule has 3 aromatic heterocycles. The Balaban J connectivity index is 0.869. The Labute approximate surface area is 471 Å². The van der Waals surface area contributed by atoms with Crippen LogP contribution in [-0.2, 0) is 0 Å². The third-order valence-electron chi connectivity index (χ3n) is 16.6. The number of carbonyl (C=O) groups is 2. The lowest BCUT2D eigenvalue weighted by Crippen LogP contribution is -2.30. The van der Waals surface area contributed by atoms with Crippen molar-refractivity contribution < 1.29 is 9.59 Å². The van der Waals surface area contributed by atoms with Gasteiger partial charge in [-0.25, -0.2) is 4.90 Å². The number of nitrogens with zero attached hydrogens (tertiary/aromatic N) is 5. The van der Waals surface area contributed by atoms with Crippen LogP contribution >= 0.6 is 0 Å². The lowest BCUT2D eigenvalue weighted by molar-refractivity contribution is 0.0926. The van der Waals surface area contributed by atoms with E-state index < -0.39 is 11.8 Å². The first-order valence-electron chi connectivity index (χ1n) is 27.5. The van der Waals surface area contributed by atoms with E-state index in [-0.39, 0.29) is 0 Å². The fourth-order valence-corrected chi connectivity index (χ4v) is 12.7. The molecule has 0 radical (unpaired) electrons. The van der Waals surface area contributed by atoms with Crippen molar-refractivity contribution in [3.63, 3.8) is 0 Å². The van der Waals surface area contributed by atoms with Gasteiger partial charge in [0.05, 0.1) is 67.2 Å². The van der Waals surface area contributed by atoms with Gasteiger partial charge in [-0.2, -0.15) is 5.26 Å². The maximum Gasteiger partial charge on any atom is 0.266 e. The summed E-state index contributed by atoms with van der Waals surface area (Å²) in [7, 11) is 0. The average Bonchev–Trinajstić information content (AvgIpc) is 4.21. The van der Waals surface area contributed by atoms with E-state index >= 15 is 0 Å². The fourth-order valence-electron chi connectivity index (χ4n) is 12.7. The van der Waals surface area contributed by atoms with Gasteiger partial charge in [-0.1, -0.05) is 158 Å². The van der Waals surface area contributed by atoms with Gasteiger partial charge < -0.3 is 13.7 Å². The molecule has 82 heavy (non-hydrogen) atoms. The number of fused-ring (bicyclic) bond motifs is 10. The van der Waals surface area contributed by atoms with Crippen molar-refractivity contribution in [2.24, 2.45) is 0 Å². The Morgan fingerprint density at radius 3 is 1.04 bits per heavy atom. The second-order valence-electron chi connectivity index (χ2n) is 21.1. The zero-order chi connectivity index (χ0) is 54.6. The number of rotatable bonds is 8. The van der Waals surface area contributed by atoms with Crippen LogP contribution < -0.4 is 4.90 Å². The molecule has 2 amide bonds. The SMILES string of the molecule is N#Cc1ccc(-n2c3ccc(-c4ccc5c(c4)c4ccccc4n5-c4ccc(-c5ccccc5)cc4)cc3c3cc(-c4ccc5c(c4)c4ccccc4n5-c4ccc(-c5ccccc5)cc4)ccc32)c(N2C(=O)c3ccccc3C2=O)c1. The average molecular weight is 1050 g/mol. The second-order valence-corrected chi connectivity index (χ2v) is 21.1. The molecular formula is C75H45N5O2. The highest BCUT2D eigenvalue weighted by atomic mass is 16.2. The molecule has 0 fully saturated rings. The summed E-state index contributed by atoms with van der Waals surface area (Å²) in [4.78, 5) is 29.9. The van der Waals surface area contributed by atoms with Gasteiger partial charge in [0.15, 0.2) is 0 Å². The maximum absolute atomic E-state index is 14.3. The van der Waals surface area contributed by atoms with Gasteiger partial charge >= 0.3 is 0 Å². The van der Waals surface area contributed by atoms with Crippen LogP contribution in [0.2, 0.25) is 0 Å². The van der Waals surface area contributed by atoms with Crippen molar-refractivity contribution >= 4 is 82.9 Å². The zero-order valence-corrected chi connectivity index (χ0v) is 44.0. The number of hydrogen-bond acceptors (Lipinski definition) is 3. The van der Waals surface area contributed by atoms with Crippen molar-refractivity contribution in [2.45, 2.75) is 0 Å². The molecule has 7 nitrogen and oxygen atoms in total. The van der Waals surface area contributed by atoms with Gasteiger partial charge in [-0.05, 0) is 160 Å². The molecule has 16 rings (SSSR count). The van der Waals surface area contributed by atoms with E-state index in [4.69, 9.17) is 0 Å². The van der Waals surface area contributed by atoms with Crippen molar-refractivity contribution in [3.8, 4) is 67.6 Å². The van der Waals surface area contributed by atoms with E-state index in [1.807, 2.05) is 18.2 Å². The molecule has 15 aromatic rings. The molecule has 0 saturated heterocycles. The second kappa shape index (κ2) is 18.4. The molecular weight excluding hydrogens is 1000 g/mol. The topological polar surface area (TPSA) is 76.0 Å². The summed E-state index contributed by atoms with van der Waals surface area (Å²) >= 11 is 0. The molecule has 0 spiro atoms. The third kappa shape index (κ3) is 7.22. The van der Waals surface area contributed by atoms with Gasteiger partial charge in [0.2, 0.25) is 0 Å². The van der Waals surface area contributed by atoms with Crippen LogP contribution in [0.5, 0.6) is 0 Å². The molecule has 382 valence electrons. The Morgan fingerprint density at radius 2 is 0.610 bits per heavy atom. The highest BCUT2D eigenvalue weighted by Crippen LogP contribution is 2.44. The summed E-state index contributed by atoms with van der Waals surface area (Å²) in [5.41, 5.74) is 19.3. The molecule has 0 atom stereocenters. The van der Waals surface area contributed by atoms with Crippen molar-refractivity contribution in [1.29, 1.82) is 5.26 Å². The van der Waals surface area contributed by atoms with E-state index in [1.165, 1.54) is 27.2 Å². The molecule has 0 saturated carbocycles. The molecule has 4 heterocycles. The van der Waals surface area contributed by atoms with Crippen LogP contribution in [0.3, 0.4) is 0 Å². The van der Waals surface area contributed by atoms with Gasteiger partial charge in [0, 0.05) is 43.7 Å². The summed E-state index contributed by atoms with van der Waals surface area (Å²) in [6.45, 7) is 0. The van der Waals surface area contributed by atoms with Crippen molar-refractivity contribution in [3.05, 3.63) is 290 Å². The first kappa shape index (κ1) is 46.7. The van der Waals surface area contributed by atoms with Crippen LogP contribution in [-0.4, -0.2) is 25.5 Å². The Kier molecular flexibility index (Phi) is 10.5. The highest BCUT2D eigenvalue weighted by Gasteiger charge is 2.38. The van der Waals surface area contributed by atoms with Crippen molar-refractivity contribution in [2.75, 3.05) is 4.90 Å². The number of imide groups is 1. The first-order chi connectivity index (χ1) is 40.5. The van der Waals surface area contributed by atoms with Crippen LogP contribution in [0.25, 0.3) is 127 Å². The van der Waals surface area contributed by atoms with Gasteiger partial charge in [0.1, 0.15) is 0 Å². The van der Waals surface area contributed by atoms with Gasteiger partial charge in [0.25, 0.3) is 11.8 Å². The maximum atomic E-state index is 14.3. The lowest BCUT2D eigenvalue weighted by atomic mass is 9.98. The molecule has 1 aliphatic heterocycles. The monoisotopic (exact) mass is 1050 g/mol. The minimum Gasteiger partial charge on any atom is -0.309 e. The number of anilines is 1. The van der Waals surface area contributed by atoms with Crippen LogP contribution in [0.4, 0.5) is 5.69 Å². The van der Waals surface area contributed by atoms with E-state index in [2.05, 4.69) is 238 Å². The van der Waals surface area contributed by atoms with E-state index in [0.29, 0.717) is 28.1 Å². The molecule has 0 unspecified atom stereocenters. The third-order valence-corrected chi connectivity index (χ3v) is 16.6. The number of amides is 2. The minimum absolute atomic E-state index is 0.333. The molecule has 12 aromatic carbocycles. The van der Waals surface area contributed by atoms with E-state index in [0.717, 1.165) is 99.0 Å². The minimum atomic E-state index is -0.427. The van der Waals surface area contributed by atoms with E-state index in [1.54, 1.807) is 36.4 Å². The van der Waals surface area contributed by atoms with Gasteiger partial charge in [-0.3, -0.25) is 9.59 Å². The smallest absolute Gasteiger partial charge is 0.266 e. The van der Waals surface area contributed by atoms with Gasteiger partial charge in [-0.15, -0.1) is 0 Å². The van der Waals surface area contributed by atoms with Crippen LogP contribution in [0.1, 0.15) is 26.3 Å². The molecule has 0 bridgehead atoms. The molecule has 0 N–H and O–H groups in total. The number of hydrogen-bond donors (Lipinski definition) is 0. The molecule has 0 aliphatic carbocycles. The number of nitriles is 1. The molecule has 7 heteroatoms. The quantitative estimate of drug-likeness (QED) is 0.142. The Morgan fingerprint density at radius 1 is 0.268 bits per heavy atom. The predicted octanol–water partition coefficient (Wildman–Crippen LogP) is 18.3. The number of carbonyl (C=O) groups excluding carboxylic acids is 2. The normalized spacial score (nSPS) is 12.4. The van der Waals surface area contributed by atoms with Crippen molar-refractivity contribution in [1.82, 2.24) is 13.7 Å². The fraction of sp³-hybridized carbons (Fsp3) is 0. The number of para-hydroxylation sites is 2. The largest absolute Gasteiger partial charge is 0.309 e. The molecule has 1 aliphatic rings. The first-order valence-corrected chi connectivity index (χ1v) is 27.5.